The number of carboxylic acid groups (broad SMARTS) is 1. The third-order valence-electron chi connectivity index (χ3n) is 5.70. The van der Waals surface area contributed by atoms with Gasteiger partial charge < -0.3 is 20.5 Å². The number of anilines is 3. The molecule has 0 saturated heterocycles. The number of carbonyl (C=O) groups is 3. The Kier molecular flexibility index (Phi) is 7.25. The average Bonchev–Trinajstić information content (AvgIpc) is 3.28. The summed E-state index contributed by atoms with van der Waals surface area (Å²) < 4.78 is 5.46. The normalized spacial score (nSPS) is 12.1. The van der Waals surface area contributed by atoms with Crippen LogP contribution in [-0.4, -0.2) is 41.7 Å². The number of methoxy groups -OCH3 is 1. The second-order valence-electron chi connectivity index (χ2n) is 8.15. The van der Waals surface area contributed by atoms with Gasteiger partial charge in [-0.15, -0.1) is 0 Å². The van der Waals surface area contributed by atoms with E-state index < -0.39 is 5.97 Å². The van der Waals surface area contributed by atoms with E-state index in [2.05, 4.69) is 15.6 Å². The second kappa shape index (κ2) is 10.7. The Balaban J connectivity index is 1.39. The van der Waals surface area contributed by atoms with Crippen LogP contribution in [0.4, 0.5) is 21.9 Å². The van der Waals surface area contributed by atoms with Gasteiger partial charge in [0.1, 0.15) is 5.75 Å². The van der Waals surface area contributed by atoms with E-state index in [1.165, 1.54) is 13.3 Å². The van der Waals surface area contributed by atoms with Gasteiger partial charge in [-0.25, -0.2) is 4.79 Å². The number of pyridine rings is 1. The lowest BCUT2D eigenvalue weighted by atomic mass is 10.1. The van der Waals surface area contributed by atoms with Gasteiger partial charge in [0.2, 0.25) is 5.91 Å². The van der Waals surface area contributed by atoms with Crippen LogP contribution in [0, 0.1) is 0 Å². The van der Waals surface area contributed by atoms with Crippen molar-refractivity contribution in [3.8, 4) is 5.75 Å². The molecule has 0 radical (unpaired) electrons. The van der Waals surface area contributed by atoms with Crippen LogP contribution in [0.5, 0.6) is 5.75 Å². The zero-order valence-electron chi connectivity index (χ0n) is 19.3. The lowest BCUT2D eigenvalue weighted by Crippen LogP contribution is -2.33. The highest BCUT2D eigenvalue weighted by Crippen LogP contribution is 2.30. The van der Waals surface area contributed by atoms with Crippen molar-refractivity contribution in [3.63, 3.8) is 0 Å². The lowest BCUT2D eigenvalue weighted by Gasteiger charge is -2.19. The number of nitrogens with one attached hydrogen (secondary N) is 2. The number of benzene rings is 2. The third-order valence-corrected chi connectivity index (χ3v) is 5.70. The maximum Gasteiger partial charge on any atom is 0.326 e. The first-order valence-corrected chi connectivity index (χ1v) is 11.2. The highest BCUT2D eigenvalue weighted by Gasteiger charge is 2.24. The molecular formula is C26H26N4O5. The fourth-order valence-corrected chi connectivity index (χ4v) is 4.00. The average molecular weight is 475 g/mol. The third kappa shape index (κ3) is 5.94. The molecule has 9 nitrogen and oxygen atoms in total. The molecule has 3 amide bonds. The smallest absolute Gasteiger partial charge is 0.326 e. The van der Waals surface area contributed by atoms with Crippen molar-refractivity contribution < 1.29 is 24.2 Å². The minimum Gasteiger partial charge on any atom is -0.495 e. The van der Waals surface area contributed by atoms with Crippen LogP contribution in [0.25, 0.3) is 0 Å². The number of aryl methyl sites for hydroxylation is 1. The van der Waals surface area contributed by atoms with E-state index in [1.54, 1.807) is 35.2 Å². The number of hydrogen-bond donors (Lipinski definition) is 3. The Morgan fingerprint density at radius 3 is 2.71 bits per heavy atom. The number of nitrogens with zero attached hydrogens (tertiary/aromatic N) is 2. The summed E-state index contributed by atoms with van der Waals surface area (Å²) in [5, 5.41) is 14.5. The van der Waals surface area contributed by atoms with Crippen LogP contribution in [0.2, 0.25) is 0 Å². The molecule has 4 rings (SSSR count). The van der Waals surface area contributed by atoms with Crippen LogP contribution in [0.15, 0.2) is 60.8 Å². The van der Waals surface area contributed by atoms with E-state index in [-0.39, 0.29) is 31.2 Å². The summed E-state index contributed by atoms with van der Waals surface area (Å²) in [5.41, 5.74) is 4.41. The molecule has 0 saturated carbocycles. The molecule has 0 spiro atoms. The van der Waals surface area contributed by atoms with Crippen molar-refractivity contribution in [3.05, 3.63) is 77.6 Å². The van der Waals surface area contributed by atoms with Gasteiger partial charge in [-0.05, 0) is 47.9 Å². The van der Waals surface area contributed by atoms with Gasteiger partial charge in [-0.2, -0.15) is 0 Å². The van der Waals surface area contributed by atoms with Crippen molar-refractivity contribution in [2.45, 2.75) is 25.7 Å². The first-order valence-electron chi connectivity index (χ1n) is 11.2. The summed E-state index contributed by atoms with van der Waals surface area (Å²) in [7, 11) is 1.51. The van der Waals surface area contributed by atoms with Gasteiger partial charge in [0.05, 0.1) is 25.6 Å². The first kappa shape index (κ1) is 23.7. The zero-order chi connectivity index (χ0) is 24.8. The molecule has 2 heterocycles. The molecule has 0 unspecified atom stereocenters. The summed E-state index contributed by atoms with van der Waals surface area (Å²) in [4.78, 5) is 42.0. The van der Waals surface area contributed by atoms with E-state index in [0.717, 1.165) is 17.7 Å². The zero-order valence-corrected chi connectivity index (χ0v) is 19.3. The summed E-state index contributed by atoms with van der Waals surface area (Å²) >= 11 is 0. The summed E-state index contributed by atoms with van der Waals surface area (Å²) in [6.45, 7) is 0.610. The number of carbonyl (C=O) groups excluding carboxylic acids is 2. The molecular weight excluding hydrogens is 448 g/mol. The predicted octanol–water partition coefficient (Wildman–Crippen LogP) is 3.88. The van der Waals surface area contributed by atoms with Gasteiger partial charge in [0.15, 0.2) is 0 Å². The fourth-order valence-electron chi connectivity index (χ4n) is 4.00. The number of carboxylic acids is 1. The Morgan fingerprint density at radius 1 is 1.09 bits per heavy atom. The number of hydrogen-bond acceptors (Lipinski definition) is 5. The van der Waals surface area contributed by atoms with Crippen LogP contribution in [0.3, 0.4) is 0 Å². The maximum absolute atomic E-state index is 12.9. The minimum atomic E-state index is -0.903. The Morgan fingerprint density at radius 2 is 1.91 bits per heavy atom. The van der Waals surface area contributed by atoms with Crippen LogP contribution < -0.4 is 20.3 Å². The largest absolute Gasteiger partial charge is 0.495 e. The quantitative estimate of drug-likeness (QED) is 0.456. The highest BCUT2D eigenvalue weighted by atomic mass is 16.5. The van der Waals surface area contributed by atoms with Gasteiger partial charge in [0, 0.05) is 36.2 Å². The van der Waals surface area contributed by atoms with Gasteiger partial charge in [0.25, 0.3) is 0 Å². The standard InChI is InChI=1S/C26H26N4O5/c1-35-23-14-17(15-24(31)28-20-10-12-27-19(16-20)7-9-25(32)33)6-8-21(23)29-26(34)30-13-11-18-4-2-3-5-22(18)30/h2-6,8,10,12,14,16H,7,9,11,13,15H2,1H3,(H,29,34)(H,32,33)(H,27,28,31). The molecule has 0 aliphatic carbocycles. The number of amides is 3. The Hall–Kier alpha value is -4.40. The van der Waals surface area contributed by atoms with E-state index in [9.17, 15) is 14.4 Å². The Labute approximate surface area is 202 Å². The fraction of sp³-hybridized carbons (Fsp3) is 0.231. The number of para-hydroxylation sites is 1. The number of fused-ring (bicyclic) bond motifs is 1. The van der Waals surface area contributed by atoms with Gasteiger partial charge >= 0.3 is 12.0 Å². The van der Waals surface area contributed by atoms with Crippen LogP contribution in [0.1, 0.15) is 23.2 Å². The molecule has 1 aromatic heterocycles. The summed E-state index contributed by atoms with van der Waals surface area (Å²) in [6, 6.07) is 16.1. The molecule has 1 aliphatic heterocycles. The number of ether oxygens (including phenoxy) is 1. The Bertz CT molecular complexity index is 1260. The van der Waals surface area contributed by atoms with Crippen molar-refractivity contribution in [2.24, 2.45) is 0 Å². The predicted molar refractivity (Wildman–Crippen MR) is 132 cm³/mol. The van der Waals surface area contributed by atoms with Crippen LogP contribution >= 0.6 is 0 Å². The molecule has 3 N–H and O–H groups in total. The monoisotopic (exact) mass is 474 g/mol. The van der Waals surface area contributed by atoms with E-state index in [1.807, 2.05) is 24.3 Å². The van der Waals surface area contributed by atoms with E-state index >= 15 is 0 Å². The molecule has 3 aromatic rings. The van der Waals surface area contributed by atoms with Gasteiger partial charge in [-0.1, -0.05) is 24.3 Å². The highest BCUT2D eigenvalue weighted by molar-refractivity contribution is 6.04. The molecule has 1 aliphatic rings. The first-order chi connectivity index (χ1) is 16.9. The summed E-state index contributed by atoms with van der Waals surface area (Å²) in [6.07, 6.45) is 2.69. The molecule has 0 fully saturated rings. The number of aliphatic carboxylic acids is 1. The molecule has 0 atom stereocenters. The number of rotatable bonds is 8. The summed E-state index contributed by atoms with van der Waals surface area (Å²) in [5.74, 6) is -0.691. The minimum absolute atomic E-state index is 0.0304. The van der Waals surface area contributed by atoms with E-state index in [0.29, 0.717) is 34.9 Å². The topological polar surface area (TPSA) is 121 Å². The van der Waals surface area contributed by atoms with Crippen molar-refractivity contribution >= 4 is 35.0 Å². The molecule has 180 valence electrons. The van der Waals surface area contributed by atoms with Crippen molar-refractivity contribution in [2.75, 3.05) is 29.2 Å². The molecule has 2 aromatic carbocycles. The molecule has 0 bridgehead atoms. The van der Waals surface area contributed by atoms with E-state index in [4.69, 9.17) is 9.84 Å². The second-order valence-corrected chi connectivity index (χ2v) is 8.15. The molecule has 9 heteroatoms. The van der Waals surface area contributed by atoms with Crippen molar-refractivity contribution in [1.82, 2.24) is 4.98 Å². The number of urea groups is 1. The van der Waals surface area contributed by atoms with Crippen LogP contribution in [-0.2, 0) is 28.9 Å². The molecule has 35 heavy (non-hydrogen) atoms. The maximum atomic E-state index is 12.9. The van der Waals surface area contributed by atoms with Gasteiger partial charge in [-0.3, -0.25) is 19.5 Å². The SMILES string of the molecule is COc1cc(CC(=O)Nc2ccnc(CCC(=O)O)c2)ccc1NC(=O)N1CCc2ccccc21. The van der Waals surface area contributed by atoms with Crippen molar-refractivity contribution in [1.29, 1.82) is 0 Å². The lowest BCUT2D eigenvalue weighted by molar-refractivity contribution is -0.137. The number of aromatic nitrogens is 1.